The summed E-state index contributed by atoms with van der Waals surface area (Å²) in [6, 6.07) is 18.6. The molecule has 1 atom stereocenters. The number of nitrogens with zero attached hydrogens (tertiary/aromatic N) is 2. The van der Waals surface area contributed by atoms with Crippen molar-refractivity contribution in [1.82, 2.24) is 0 Å². The van der Waals surface area contributed by atoms with Crippen LogP contribution in [-0.4, -0.2) is 33.1 Å². The summed E-state index contributed by atoms with van der Waals surface area (Å²) >= 11 is 0. The number of methoxy groups -OCH3 is 1. The Labute approximate surface area is 189 Å². The molecule has 168 valence electrons. The molecular formula is C24H19FN2O5S. The molecule has 2 aliphatic rings. The largest absolute Gasteiger partial charge is 0.497 e. The second kappa shape index (κ2) is 7.41. The van der Waals surface area contributed by atoms with Gasteiger partial charge in [0.15, 0.2) is 9.84 Å². The summed E-state index contributed by atoms with van der Waals surface area (Å²) in [7, 11) is -2.83. The Kier molecular flexibility index (Phi) is 4.75. The van der Waals surface area contributed by atoms with Crippen molar-refractivity contribution in [3.8, 4) is 5.75 Å². The van der Waals surface area contributed by atoms with Crippen LogP contribution in [-0.2, 0) is 30.8 Å². The molecule has 1 spiro atoms. The minimum Gasteiger partial charge on any atom is -0.497 e. The average Bonchev–Trinajstić information content (AvgIpc) is 3.16. The van der Waals surface area contributed by atoms with Crippen molar-refractivity contribution in [2.75, 3.05) is 22.7 Å². The number of ether oxygens (including phenoxy) is 1. The van der Waals surface area contributed by atoms with Gasteiger partial charge in [0.1, 0.15) is 17.3 Å². The molecule has 0 unspecified atom stereocenters. The Morgan fingerprint density at radius 1 is 1.00 bits per heavy atom. The summed E-state index contributed by atoms with van der Waals surface area (Å²) in [5.41, 5.74) is 1.28. The number of fused-ring (bicyclic) bond motifs is 2. The van der Waals surface area contributed by atoms with Crippen LogP contribution in [0.25, 0.3) is 0 Å². The van der Waals surface area contributed by atoms with Gasteiger partial charge in [-0.15, -0.1) is 0 Å². The van der Waals surface area contributed by atoms with Crippen molar-refractivity contribution in [1.29, 1.82) is 0 Å². The number of anilines is 2. The number of hydrogen-bond donors (Lipinski definition) is 0. The number of carbonyl (C=O) groups excluding carboxylic acids is 2. The molecule has 0 saturated carbocycles. The lowest BCUT2D eigenvalue weighted by molar-refractivity contribution is -0.123. The number of halogens is 1. The first kappa shape index (κ1) is 21.1. The van der Waals surface area contributed by atoms with Gasteiger partial charge in [0.05, 0.1) is 19.3 Å². The van der Waals surface area contributed by atoms with E-state index in [1.165, 1.54) is 36.3 Å². The predicted octanol–water partition coefficient (Wildman–Crippen LogP) is 3.00. The molecule has 5 rings (SSSR count). The summed E-state index contributed by atoms with van der Waals surface area (Å²) in [6.45, 7) is -0.0506. The van der Waals surface area contributed by atoms with E-state index in [-0.39, 0.29) is 17.8 Å². The summed E-state index contributed by atoms with van der Waals surface area (Å²) in [5.74, 6) is -2.35. The van der Waals surface area contributed by atoms with Gasteiger partial charge in [-0.3, -0.25) is 14.5 Å². The first-order chi connectivity index (χ1) is 15.8. The van der Waals surface area contributed by atoms with Crippen LogP contribution >= 0.6 is 0 Å². The monoisotopic (exact) mass is 466 g/mol. The molecular weight excluding hydrogens is 447 g/mol. The molecule has 33 heavy (non-hydrogen) atoms. The zero-order valence-electron chi connectivity index (χ0n) is 17.6. The third kappa shape index (κ3) is 2.96. The lowest BCUT2D eigenvalue weighted by Gasteiger charge is -2.32. The highest BCUT2D eigenvalue weighted by atomic mass is 32.2. The normalized spacial score (nSPS) is 21.0. The summed E-state index contributed by atoms with van der Waals surface area (Å²) in [5, 5.41) is 0. The number of amides is 2. The van der Waals surface area contributed by atoms with Crippen LogP contribution in [0.15, 0.2) is 72.8 Å². The minimum atomic E-state index is -4.28. The fraction of sp³-hybridized carbons (Fsp3) is 0.167. The van der Waals surface area contributed by atoms with Crippen molar-refractivity contribution in [3.63, 3.8) is 0 Å². The van der Waals surface area contributed by atoms with Gasteiger partial charge >= 0.3 is 0 Å². The maximum absolute atomic E-state index is 14.0. The van der Waals surface area contributed by atoms with E-state index in [4.69, 9.17) is 4.74 Å². The summed E-state index contributed by atoms with van der Waals surface area (Å²) in [4.78, 5) is 27.2. The van der Waals surface area contributed by atoms with Crippen LogP contribution in [0.4, 0.5) is 15.8 Å². The highest BCUT2D eigenvalue weighted by Crippen LogP contribution is 2.53. The van der Waals surface area contributed by atoms with E-state index in [0.717, 1.165) is 4.90 Å². The third-order valence-corrected chi connectivity index (χ3v) is 8.07. The molecule has 0 aromatic heterocycles. The molecule has 1 fully saturated rings. The molecule has 0 radical (unpaired) electrons. The van der Waals surface area contributed by atoms with Crippen LogP contribution in [0.2, 0.25) is 0 Å². The Balaban J connectivity index is 1.73. The van der Waals surface area contributed by atoms with Gasteiger partial charge in [-0.05, 0) is 35.9 Å². The predicted molar refractivity (Wildman–Crippen MR) is 120 cm³/mol. The van der Waals surface area contributed by atoms with E-state index in [9.17, 15) is 22.4 Å². The number of rotatable bonds is 4. The van der Waals surface area contributed by atoms with E-state index in [1.807, 2.05) is 0 Å². The van der Waals surface area contributed by atoms with Crippen molar-refractivity contribution in [3.05, 3.63) is 89.7 Å². The lowest BCUT2D eigenvalue weighted by Crippen LogP contribution is -2.54. The fourth-order valence-electron chi connectivity index (χ4n) is 4.62. The van der Waals surface area contributed by atoms with Gasteiger partial charge in [0.25, 0.3) is 10.8 Å². The van der Waals surface area contributed by atoms with E-state index >= 15 is 0 Å². The van der Waals surface area contributed by atoms with E-state index in [2.05, 4.69) is 0 Å². The quantitative estimate of drug-likeness (QED) is 0.590. The number of benzene rings is 3. The van der Waals surface area contributed by atoms with Gasteiger partial charge in [0.2, 0.25) is 5.91 Å². The van der Waals surface area contributed by atoms with Gasteiger partial charge in [-0.1, -0.05) is 36.4 Å². The molecule has 0 N–H and O–H groups in total. The van der Waals surface area contributed by atoms with Crippen molar-refractivity contribution in [2.45, 2.75) is 11.4 Å². The molecule has 1 saturated heterocycles. The highest BCUT2D eigenvalue weighted by molar-refractivity contribution is 7.94. The van der Waals surface area contributed by atoms with Gasteiger partial charge in [-0.25, -0.2) is 12.8 Å². The second-order valence-electron chi connectivity index (χ2n) is 7.87. The Morgan fingerprint density at radius 3 is 2.52 bits per heavy atom. The molecule has 2 heterocycles. The summed E-state index contributed by atoms with van der Waals surface area (Å²) < 4.78 is 46.2. The van der Waals surface area contributed by atoms with Gasteiger partial charge in [0, 0.05) is 17.3 Å². The Hall–Kier alpha value is -3.72. The SMILES string of the molecule is COc1cccc(N2C(=O)CS(=O)(=O)[C@]23C(=O)N(Cc2cccc(F)c2)c2ccccc23)c1. The van der Waals surface area contributed by atoms with Crippen molar-refractivity contribution in [2.24, 2.45) is 0 Å². The second-order valence-corrected chi connectivity index (χ2v) is 9.98. The number of hydrogen-bond acceptors (Lipinski definition) is 5. The van der Waals surface area contributed by atoms with Gasteiger partial charge < -0.3 is 9.64 Å². The molecule has 7 nitrogen and oxygen atoms in total. The van der Waals surface area contributed by atoms with Crippen LogP contribution < -0.4 is 14.5 Å². The van der Waals surface area contributed by atoms with Crippen LogP contribution in [0.3, 0.4) is 0 Å². The molecule has 3 aromatic carbocycles. The molecule has 0 aliphatic carbocycles. The molecule has 9 heteroatoms. The highest BCUT2D eigenvalue weighted by Gasteiger charge is 2.69. The first-order valence-electron chi connectivity index (χ1n) is 10.1. The minimum absolute atomic E-state index is 0.0506. The molecule has 2 amide bonds. The zero-order valence-corrected chi connectivity index (χ0v) is 18.4. The fourth-order valence-corrected chi connectivity index (χ4v) is 6.65. The van der Waals surface area contributed by atoms with Crippen LogP contribution in [0.5, 0.6) is 5.75 Å². The third-order valence-electron chi connectivity index (χ3n) is 5.96. The number of sulfone groups is 1. The van der Waals surface area contributed by atoms with E-state index in [1.54, 1.807) is 48.5 Å². The van der Waals surface area contributed by atoms with Crippen LogP contribution in [0, 0.1) is 5.82 Å². The zero-order chi connectivity index (χ0) is 23.4. The maximum Gasteiger partial charge on any atom is 0.274 e. The van der Waals surface area contributed by atoms with Crippen molar-refractivity contribution < 1.29 is 27.1 Å². The van der Waals surface area contributed by atoms with Crippen molar-refractivity contribution >= 4 is 33.0 Å². The maximum atomic E-state index is 14.0. The molecule has 0 bridgehead atoms. The molecule has 3 aromatic rings. The van der Waals surface area contributed by atoms with Gasteiger partial charge in [-0.2, -0.15) is 0 Å². The number of para-hydroxylation sites is 1. The Morgan fingerprint density at radius 2 is 1.76 bits per heavy atom. The van der Waals surface area contributed by atoms with Crippen LogP contribution in [0.1, 0.15) is 11.1 Å². The Bertz CT molecular complexity index is 1410. The first-order valence-corrected chi connectivity index (χ1v) is 11.8. The lowest BCUT2D eigenvalue weighted by atomic mass is 10.0. The standard InChI is InChI=1S/C24H19FN2O5S/c1-32-19-9-5-8-18(13-19)27-22(28)15-33(30,31)24(27)20-10-2-3-11-21(20)26(23(24)29)14-16-6-4-7-17(25)12-16/h2-13H,14-15H2,1H3/t24-/m1/s1. The smallest absolute Gasteiger partial charge is 0.274 e. The average molecular weight is 466 g/mol. The van der Waals surface area contributed by atoms with E-state index < -0.39 is 38.1 Å². The van der Waals surface area contributed by atoms with E-state index in [0.29, 0.717) is 17.0 Å². The topological polar surface area (TPSA) is 84.0 Å². The number of carbonyl (C=O) groups is 2. The molecule has 2 aliphatic heterocycles. The summed E-state index contributed by atoms with van der Waals surface area (Å²) in [6.07, 6.45) is 0.